The maximum atomic E-state index is 11.8. The third kappa shape index (κ3) is 3.50. The summed E-state index contributed by atoms with van der Waals surface area (Å²) in [6.07, 6.45) is 1.64. The number of nitrogens with zero attached hydrogens (tertiary/aromatic N) is 3. The second-order valence-corrected chi connectivity index (χ2v) is 4.81. The number of aromatic nitrogens is 3. The lowest BCUT2D eigenvalue weighted by molar-refractivity contribution is -0.137. The summed E-state index contributed by atoms with van der Waals surface area (Å²) in [5, 5.41) is 22.1. The van der Waals surface area contributed by atoms with Crippen LogP contribution in [0.2, 0.25) is 0 Å². The highest BCUT2D eigenvalue weighted by Gasteiger charge is 2.21. The van der Waals surface area contributed by atoms with Crippen LogP contribution in [-0.4, -0.2) is 51.6 Å². The van der Waals surface area contributed by atoms with Gasteiger partial charge in [-0.25, -0.2) is 4.68 Å². The van der Waals surface area contributed by atoms with Crippen molar-refractivity contribution in [1.29, 1.82) is 0 Å². The molecule has 3 N–H and O–H groups in total. The van der Waals surface area contributed by atoms with Crippen molar-refractivity contribution in [1.82, 2.24) is 25.6 Å². The van der Waals surface area contributed by atoms with Gasteiger partial charge in [-0.05, 0) is 5.92 Å². The van der Waals surface area contributed by atoms with Crippen LogP contribution in [0.15, 0.2) is 6.20 Å². The molecular formula is C11H17N5O3. The first kappa shape index (κ1) is 13.5. The topological polar surface area (TPSA) is 109 Å². The Kier molecular flexibility index (Phi) is 4.10. The molecule has 1 amide bonds. The van der Waals surface area contributed by atoms with Crippen LogP contribution in [0.5, 0.6) is 0 Å². The maximum Gasteiger partial charge on any atom is 0.303 e. The fourth-order valence-corrected chi connectivity index (χ4v) is 1.75. The lowest BCUT2D eigenvalue weighted by atomic mass is 10.1. The van der Waals surface area contributed by atoms with Crippen LogP contribution in [-0.2, 0) is 4.79 Å². The van der Waals surface area contributed by atoms with Gasteiger partial charge in [-0.2, -0.15) is 0 Å². The first-order chi connectivity index (χ1) is 9.06. The second-order valence-electron chi connectivity index (χ2n) is 4.81. The Morgan fingerprint density at radius 3 is 2.95 bits per heavy atom. The molecule has 0 spiro atoms. The average Bonchev–Trinajstić information content (AvgIpc) is 2.71. The molecular weight excluding hydrogens is 250 g/mol. The second kappa shape index (κ2) is 5.79. The summed E-state index contributed by atoms with van der Waals surface area (Å²) in [6.45, 7) is 3.74. The van der Waals surface area contributed by atoms with Gasteiger partial charge in [0.15, 0.2) is 5.69 Å². The van der Waals surface area contributed by atoms with Gasteiger partial charge >= 0.3 is 5.97 Å². The maximum absolute atomic E-state index is 11.8. The summed E-state index contributed by atoms with van der Waals surface area (Å²) < 4.78 is 1.67. The number of carboxylic acid groups (broad SMARTS) is 1. The van der Waals surface area contributed by atoms with Gasteiger partial charge in [0.25, 0.3) is 5.91 Å². The van der Waals surface area contributed by atoms with Crippen LogP contribution in [0, 0.1) is 5.92 Å². The first-order valence-electron chi connectivity index (χ1n) is 6.19. The van der Waals surface area contributed by atoms with Crippen LogP contribution >= 0.6 is 0 Å². The molecule has 8 heteroatoms. The molecule has 1 atom stereocenters. The fraction of sp³-hybridized carbons (Fsp3) is 0.636. The molecule has 104 valence electrons. The molecule has 1 aromatic rings. The number of hydrogen-bond acceptors (Lipinski definition) is 5. The fourth-order valence-electron chi connectivity index (χ4n) is 1.75. The minimum Gasteiger partial charge on any atom is -0.481 e. The van der Waals surface area contributed by atoms with Crippen LogP contribution in [0.4, 0.5) is 0 Å². The van der Waals surface area contributed by atoms with Crippen molar-refractivity contribution in [2.75, 3.05) is 19.6 Å². The van der Waals surface area contributed by atoms with Gasteiger partial charge in [-0.3, -0.25) is 9.59 Å². The molecule has 0 saturated carbocycles. The highest BCUT2D eigenvalue weighted by Crippen LogP contribution is 2.09. The molecule has 1 fully saturated rings. The molecule has 0 radical (unpaired) electrons. The molecule has 0 aliphatic carbocycles. The largest absolute Gasteiger partial charge is 0.481 e. The minimum atomic E-state index is -0.870. The first-order valence-corrected chi connectivity index (χ1v) is 6.19. The molecule has 1 aromatic heterocycles. The van der Waals surface area contributed by atoms with Crippen molar-refractivity contribution < 1.29 is 14.7 Å². The Morgan fingerprint density at radius 1 is 1.63 bits per heavy atom. The van der Waals surface area contributed by atoms with Crippen LogP contribution in [0.25, 0.3) is 0 Å². The van der Waals surface area contributed by atoms with Crippen LogP contribution in [0.1, 0.15) is 29.9 Å². The molecule has 2 heterocycles. The number of hydrogen-bond donors (Lipinski definition) is 3. The number of carbonyl (C=O) groups is 2. The van der Waals surface area contributed by atoms with Crippen LogP contribution < -0.4 is 10.6 Å². The number of aliphatic carboxylic acids is 1. The monoisotopic (exact) mass is 267 g/mol. The molecule has 8 nitrogen and oxygen atoms in total. The van der Waals surface area contributed by atoms with Crippen molar-refractivity contribution in [2.24, 2.45) is 5.92 Å². The number of amides is 1. The Labute approximate surface area is 110 Å². The van der Waals surface area contributed by atoms with E-state index in [2.05, 4.69) is 20.9 Å². The normalized spacial score (nSPS) is 16.7. The summed E-state index contributed by atoms with van der Waals surface area (Å²) in [6, 6.07) is 0.264. The molecule has 1 unspecified atom stereocenters. The third-order valence-electron chi connectivity index (χ3n) is 3.01. The SMILES string of the molecule is CC(CNC(=O)c1cn(C2CNC2)nn1)CC(=O)O. The molecule has 2 rings (SSSR count). The van der Waals surface area contributed by atoms with Gasteiger partial charge in [0.2, 0.25) is 0 Å². The van der Waals surface area contributed by atoms with E-state index in [9.17, 15) is 9.59 Å². The molecule has 1 aliphatic heterocycles. The van der Waals surface area contributed by atoms with Crippen molar-refractivity contribution >= 4 is 11.9 Å². The van der Waals surface area contributed by atoms with E-state index in [4.69, 9.17) is 5.11 Å². The van der Waals surface area contributed by atoms with Gasteiger partial charge in [-0.15, -0.1) is 5.10 Å². The zero-order valence-electron chi connectivity index (χ0n) is 10.7. The van der Waals surface area contributed by atoms with Crippen molar-refractivity contribution in [2.45, 2.75) is 19.4 Å². The van der Waals surface area contributed by atoms with E-state index in [1.807, 2.05) is 0 Å². The number of carbonyl (C=O) groups excluding carboxylic acids is 1. The molecule has 1 saturated heterocycles. The zero-order valence-corrected chi connectivity index (χ0v) is 10.7. The Morgan fingerprint density at radius 2 is 2.37 bits per heavy atom. The minimum absolute atomic E-state index is 0.0285. The van der Waals surface area contributed by atoms with Gasteiger partial charge in [-0.1, -0.05) is 12.1 Å². The third-order valence-corrected chi connectivity index (χ3v) is 3.01. The van der Waals surface area contributed by atoms with Crippen molar-refractivity contribution in [3.8, 4) is 0 Å². The van der Waals surface area contributed by atoms with Gasteiger partial charge in [0.1, 0.15) is 0 Å². The Balaban J connectivity index is 1.82. The average molecular weight is 267 g/mol. The highest BCUT2D eigenvalue weighted by molar-refractivity contribution is 5.91. The lowest BCUT2D eigenvalue weighted by Gasteiger charge is -2.26. The number of carboxylic acids is 1. The summed E-state index contributed by atoms with van der Waals surface area (Å²) in [7, 11) is 0. The molecule has 19 heavy (non-hydrogen) atoms. The van der Waals surface area contributed by atoms with E-state index in [0.717, 1.165) is 13.1 Å². The van der Waals surface area contributed by atoms with Gasteiger partial charge < -0.3 is 15.7 Å². The van der Waals surface area contributed by atoms with E-state index in [1.54, 1.807) is 17.8 Å². The zero-order chi connectivity index (χ0) is 13.8. The standard InChI is InChI=1S/C11H17N5O3/c1-7(2-10(17)18)3-13-11(19)9-6-16(15-14-9)8-4-12-5-8/h6-8,12H,2-5H2,1H3,(H,13,19)(H,17,18). The van der Waals surface area contributed by atoms with Crippen molar-refractivity contribution in [3.05, 3.63) is 11.9 Å². The predicted octanol–water partition coefficient (Wildman–Crippen LogP) is -0.737. The van der Waals surface area contributed by atoms with E-state index in [0.29, 0.717) is 6.54 Å². The molecule has 0 aromatic carbocycles. The van der Waals surface area contributed by atoms with E-state index in [-0.39, 0.29) is 30.0 Å². The Hall–Kier alpha value is -1.96. The van der Waals surface area contributed by atoms with Gasteiger partial charge in [0.05, 0.1) is 12.2 Å². The molecule has 0 bridgehead atoms. The lowest BCUT2D eigenvalue weighted by Crippen LogP contribution is -2.43. The van der Waals surface area contributed by atoms with E-state index in [1.165, 1.54) is 0 Å². The van der Waals surface area contributed by atoms with Crippen LogP contribution in [0.3, 0.4) is 0 Å². The smallest absolute Gasteiger partial charge is 0.303 e. The predicted molar refractivity (Wildman–Crippen MR) is 65.7 cm³/mol. The van der Waals surface area contributed by atoms with E-state index < -0.39 is 5.97 Å². The Bertz CT molecular complexity index is 469. The summed E-state index contributed by atoms with van der Waals surface area (Å²) >= 11 is 0. The number of rotatable bonds is 6. The number of nitrogens with one attached hydrogen (secondary N) is 2. The summed E-state index contributed by atoms with van der Waals surface area (Å²) in [5.74, 6) is -1.31. The molecule has 1 aliphatic rings. The van der Waals surface area contributed by atoms with Crippen molar-refractivity contribution in [3.63, 3.8) is 0 Å². The van der Waals surface area contributed by atoms with Gasteiger partial charge in [0, 0.05) is 26.1 Å². The summed E-state index contributed by atoms with van der Waals surface area (Å²) in [4.78, 5) is 22.3. The highest BCUT2D eigenvalue weighted by atomic mass is 16.4. The van der Waals surface area contributed by atoms with E-state index >= 15 is 0 Å². The quantitative estimate of drug-likeness (QED) is 0.626. The summed E-state index contributed by atoms with van der Waals surface area (Å²) in [5.41, 5.74) is 0.259.